The van der Waals surface area contributed by atoms with E-state index in [1.807, 2.05) is 28.8 Å². The highest BCUT2D eigenvalue weighted by molar-refractivity contribution is 6.31. The molecule has 0 unspecified atom stereocenters. The van der Waals surface area contributed by atoms with Gasteiger partial charge in [-0.2, -0.15) is 0 Å². The number of hydrogen-bond donors (Lipinski definition) is 1. The normalized spacial score (nSPS) is 14.7. The first-order valence-corrected chi connectivity index (χ1v) is 11.2. The minimum absolute atomic E-state index is 0.0107. The Kier molecular flexibility index (Phi) is 5.61. The molecule has 1 aliphatic rings. The molecule has 2 aromatic carbocycles. The molecule has 0 radical (unpaired) electrons. The van der Waals surface area contributed by atoms with E-state index in [9.17, 15) is 4.39 Å². The van der Waals surface area contributed by atoms with Crippen molar-refractivity contribution < 1.29 is 8.81 Å². The van der Waals surface area contributed by atoms with E-state index in [2.05, 4.69) is 10.2 Å². The topological polar surface area (TPSA) is 82.8 Å². The third-order valence-electron chi connectivity index (χ3n) is 5.78. The molecule has 1 fully saturated rings. The number of benzene rings is 2. The Morgan fingerprint density at radius 1 is 1.03 bits per heavy atom. The third-order valence-corrected chi connectivity index (χ3v) is 6.30. The maximum atomic E-state index is 14.0. The lowest BCUT2D eigenvalue weighted by atomic mass is 9.88. The number of rotatable bonds is 4. The molecule has 0 bridgehead atoms. The molecule has 9 heteroatoms. The van der Waals surface area contributed by atoms with Crippen molar-refractivity contribution in [3.63, 3.8) is 0 Å². The van der Waals surface area contributed by atoms with Crippen LogP contribution < -0.4 is 5.73 Å². The summed E-state index contributed by atoms with van der Waals surface area (Å²) < 4.78 is 21.6. The molecule has 6 nitrogen and oxygen atoms in total. The summed E-state index contributed by atoms with van der Waals surface area (Å²) in [6.45, 7) is 0. The van der Waals surface area contributed by atoms with Crippen LogP contribution in [-0.4, -0.2) is 19.7 Å². The number of nitrogens with zero attached hydrogens (tertiary/aromatic N) is 4. The second-order valence-corrected chi connectivity index (χ2v) is 8.74. The number of imidazole rings is 1. The van der Waals surface area contributed by atoms with E-state index >= 15 is 0 Å². The smallest absolute Gasteiger partial charge is 0.313 e. The van der Waals surface area contributed by atoms with Crippen LogP contribution >= 0.6 is 23.2 Å². The molecule has 2 heterocycles. The summed E-state index contributed by atoms with van der Waals surface area (Å²) in [7, 11) is 0. The van der Waals surface area contributed by atoms with Crippen molar-refractivity contribution >= 4 is 29.2 Å². The van der Waals surface area contributed by atoms with Gasteiger partial charge >= 0.3 is 6.01 Å². The first-order valence-electron chi connectivity index (χ1n) is 10.4. The largest absolute Gasteiger partial charge is 0.402 e. The van der Waals surface area contributed by atoms with E-state index in [0.29, 0.717) is 22.0 Å². The van der Waals surface area contributed by atoms with Gasteiger partial charge in [0.2, 0.25) is 0 Å². The summed E-state index contributed by atoms with van der Waals surface area (Å²) in [6, 6.07) is 12.0. The van der Waals surface area contributed by atoms with Crippen molar-refractivity contribution in [1.82, 2.24) is 19.7 Å². The van der Waals surface area contributed by atoms with Gasteiger partial charge in [-0.05, 0) is 49.2 Å². The van der Waals surface area contributed by atoms with Crippen LogP contribution in [0.4, 0.5) is 10.4 Å². The predicted molar refractivity (Wildman–Crippen MR) is 123 cm³/mol. The molecule has 0 spiro atoms. The highest BCUT2D eigenvalue weighted by Gasteiger charge is 2.30. The second kappa shape index (κ2) is 8.56. The maximum absolute atomic E-state index is 14.0. The van der Waals surface area contributed by atoms with Crippen molar-refractivity contribution in [3.8, 4) is 28.5 Å². The zero-order valence-electron chi connectivity index (χ0n) is 17.1. The Balaban J connectivity index is 1.83. The average molecular weight is 472 g/mol. The van der Waals surface area contributed by atoms with Crippen molar-refractivity contribution in [3.05, 3.63) is 64.2 Å². The Labute approximate surface area is 194 Å². The van der Waals surface area contributed by atoms with E-state index in [1.54, 1.807) is 12.1 Å². The third kappa shape index (κ3) is 3.87. The van der Waals surface area contributed by atoms with Gasteiger partial charge in [0.1, 0.15) is 11.6 Å². The van der Waals surface area contributed by atoms with Gasteiger partial charge in [0.25, 0.3) is 5.89 Å². The van der Waals surface area contributed by atoms with Crippen LogP contribution in [-0.2, 0) is 0 Å². The summed E-state index contributed by atoms with van der Waals surface area (Å²) in [4.78, 5) is 4.98. The van der Waals surface area contributed by atoms with Crippen LogP contribution in [0.25, 0.3) is 28.5 Å². The van der Waals surface area contributed by atoms with Crippen LogP contribution in [0.15, 0.2) is 46.9 Å². The van der Waals surface area contributed by atoms with Crippen LogP contribution in [0.2, 0.25) is 10.0 Å². The molecule has 164 valence electrons. The Hall–Kier alpha value is -2.90. The van der Waals surface area contributed by atoms with Crippen LogP contribution in [0.3, 0.4) is 0 Å². The second-order valence-electron chi connectivity index (χ2n) is 7.89. The summed E-state index contributed by atoms with van der Waals surface area (Å²) >= 11 is 12.5. The van der Waals surface area contributed by atoms with Gasteiger partial charge in [-0.15, -0.1) is 5.10 Å². The number of nitrogen functional groups attached to an aromatic ring is 1. The van der Waals surface area contributed by atoms with E-state index in [1.165, 1.54) is 12.5 Å². The van der Waals surface area contributed by atoms with Crippen LogP contribution in [0.5, 0.6) is 0 Å². The van der Waals surface area contributed by atoms with Gasteiger partial charge in [-0.3, -0.25) is 4.57 Å². The van der Waals surface area contributed by atoms with Crippen molar-refractivity contribution in [1.29, 1.82) is 0 Å². The SMILES string of the molecule is Nc1nnc(-c2nc(C3CCCCC3)n(-c3cccc(Cl)c3)c2-c2ccc(F)c(Cl)c2)o1. The number of nitrogens with two attached hydrogens (primary N) is 1. The minimum Gasteiger partial charge on any atom is -0.402 e. The fourth-order valence-electron chi connectivity index (χ4n) is 4.34. The van der Waals surface area contributed by atoms with Crippen molar-refractivity contribution in [2.45, 2.75) is 38.0 Å². The zero-order chi connectivity index (χ0) is 22.2. The standard InChI is InChI=1S/C23H20Cl2FN5O/c24-15-7-4-8-16(12-15)31-20(14-9-10-18(26)17(25)11-14)19(22-29-30-23(27)32-22)28-21(31)13-5-2-1-3-6-13/h4,7-13H,1-3,5-6H2,(H2,27,30). The van der Waals surface area contributed by atoms with Gasteiger partial charge in [0.15, 0.2) is 5.69 Å². The number of aromatic nitrogens is 4. The summed E-state index contributed by atoms with van der Waals surface area (Å²) in [6.07, 6.45) is 5.52. The lowest BCUT2D eigenvalue weighted by Gasteiger charge is -2.23. The monoisotopic (exact) mass is 471 g/mol. The van der Waals surface area contributed by atoms with Crippen LogP contribution in [0, 0.1) is 5.82 Å². The number of anilines is 1. The van der Waals surface area contributed by atoms with Crippen LogP contribution in [0.1, 0.15) is 43.8 Å². The molecular weight excluding hydrogens is 452 g/mol. The molecule has 0 atom stereocenters. The number of hydrogen-bond acceptors (Lipinski definition) is 5. The fourth-order valence-corrected chi connectivity index (χ4v) is 4.70. The highest BCUT2D eigenvalue weighted by atomic mass is 35.5. The molecule has 1 aliphatic carbocycles. The Morgan fingerprint density at radius 3 is 2.53 bits per heavy atom. The molecule has 2 N–H and O–H groups in total. The summed E-state index contributed by atoms with van der Waals surface area (Å²) in [5.41, 5.74) is 8.34. The first kappa shape index (κ1) is 21.0. The molecule has 5 rings (SSSR count). The molecular formula is C23H20Cl2FN5O. The lowest BCUT2D eigenvalue weighted by molar-refractivity contribution is 0.426. The van der Waals surface area contributed by atoms with Gasteiger partial charge in [-0.25, -0.2) is 9.37 Å². The van der Waals surface area contributed by atoms with Gasteiger partial charge in [0, 0.05) is 22.2 Å². The Morgan fingerprint density at radius 2 is 1.84 bits per heavy atom. The summed E-state index contributed by atoms with van der Waals surface area (Å²) in [5.74, 6) is 0.803. The molecule has 2 aromatic heterocycles. The summed E-state index contributed by atoms with van der Waals surface area (Å²) in [5, 5.41) is 8.48. The molecule has 4 aromatic rings. The van der Waals surface area contributed by atoms with Gasteiger partial charge in [-0.1, -0.05) is 53.6 Å². The lowest BCUT2D eigenvalue weighted by Crippen LogP contribution is -2.12. The number of halogens is 3. The molecule has 1 saturated carbocycles. The quantitative estimate of drug-likeness (QED) is 0.359. The van der Waals surface area contributed by atoms with E-state index in [4.69, 9.17) is 38.3 Å². The Bertz CT molecular complexity index is 1280. The van der Waals surface area contributed by atoms with E-state index < -0.39 is 5.82 Å². The van der Waals surface area contributed by atoms with E-state index in [-0.39, 0.29) is 22.8 Å². The molecule has 32 heavy (non-hydrogen) atoms. The van der Waals surface area contributed by atoms with Crippen molar-refractivity contribution in [2.24, 2.45) is 0 Å². The fraction of sp³-hybridized carbons (Fsp3) is 0.261. The molecule has 0 saturated heterocycles. The highest BCUT2D eigenvalue weighted by Crippen LogP contribution is 2.41. The molecule has 0 amide bonds. The maximum Gasteiger partial charge on any atom is 0.313 e. The minimum atomic E-state index is -0.500. The average Bonchev–Trinajstić information content (AvgIpc) is 3.40. The van der Waals surface area contributed by atoms with Crippen molar-refractivity contribution in [2.75, 3.05) is 5.73 Å². The zero-order valence-corrected chi connectivity index (χ0v) is 18.6. The van der Waals surface area contributed by atoms with E-state index in [0.717, 1.165) is 37.2 Å². The van der Waals surface area contributed by atoms with Gasteiger partial charge in [0.05, 0.1) is 10.7 Å². The van der Waals surface area contributed by atoms with Gasteiger partial charge < -0.3 is 10.2 Å². The first-order chi connectivity index (χ1) is 15.5. The predicted octanol–water partition coefficient (Wildman–Crippen LogP) is 6.67. The molecule has 0 aliphatic heterocycles.